The summed E-state index contributed by atoms with van der Waals surface area (Å²) in [7, 11) is 1.68. The first-order valence-corrected chi connectivity index (χ1v) is 7.17. The van der Waals surface area contributed by atoms with Crippen LogP contribution in [0.1, 0.15) is 39.0 Å². The molecule has 0 saturated heterocycles. The summed E-state index contributed by atoms with van der Waals surface area (Å²) in [4.78, 5) is 0. The molecule has 1 saturated carbocycles. The Bertz CT molecular complexity index is 394. The van der Waals surface area contributed by atoms with Crippen LogP contribution in [0.15, 0.2) is 18.2 Å². The van der Waals surface area contributed by atoms with E-state index in [0.717, 1.165) is 22.4 Å². The highest BCUT2D eigenvalue weighted by Crippen LogP contribution is 2.30. The lowest BCUT2D eigenvalue weighted by Crippen LogP contribution is -2.18. The molecule has 1 aromatic rings. The Hall–Kier alpha value is -0.890. The molecule has 1 aliphatic carbocycles. The van der Waals surface area contributed by atoms with Gasteiger partial charge in [-0.25, -0.2) is 0 Å². The summed E-state index contributed by atoms with van der Waals surface area (Å²) in [6, 6.07) is 6.31. The fourth-order valence-electron chi connectivity index (χ4n) is 2.59. The molecule has 0 aromatic heterocycles. The van der Waals surface area contributed by atoms with E-state index in [2.05, 4.69) is 12.2 Å². The Labute approximate surface area is 115 Å². The number of anilines is 1. The second-order valence-corrected chi connectivity index (χ2v) is 5.71. The molecule has 0 bridgehead atoms. The summed E-state index contributed by atoms with van der Waals surface area (Å²) in [6.07, 6.45) is 6.43. The van der Waals surface area contributed by atoms with Crippen molar-refractivity contribution in [2.45, 2.75) is 45.1 Å². The van der Waals surface area contributed by atoms with Crippen molar-refractivity contribution in [2.75, 3.05) is 12.4 Å². The summed E-state index contributed by atoms with van der Waals surface area (Å²) >= 11 is 6.22. The minimum atomic E-state index is 0.541. The summed E-state index contributed by atoms with van der Waals surface area (Å²) < 4.78 is 5.24. The number of methoxy groups -OCH3 is 1. The summed E-state index contributed by atoms with van der Waals surface area (Å²) in [6.45, 7) is 2.35. The van der Waals surface area contributed by atoms with E-state index in [0.29, 0.717) is 6.04 Å². The molecule has 1 fully saturated rings. The van der Waals surface area contributed by atoms with E-state index in [-0.39, 0.29) is 0 Å². The fraction of sp³-hybridized carbons (Fsp3) is 0.600. The molecule has 18 heavy (non-hydrogen) atoms. The van der Waals surface area contributed by atoms with E-state index in [9.17, 15) is 0 Å². The molecular formula is C15H22ClNO. The van der Waals surface area contributed by atoms with Crippen LogP contribution in [0.3, 0.4) is 0 Å². The van der Waals surface area contributed by atoms with Gasteiger partial charge in [0, 0.05) is 12.1 Å². The molecule has 2 unspecified atom stereocenters. The molecular weight excluding hydrogens is 246 g/mol. The van der Waals surface area contributed by atoms with Crippen molar-refractivity contribution in [3.8, 4) is 5.75 Å². The van der Waals surface area contributed by atoms with Gasteiger partial charge in [-0.1, -0.05) is 31.4 Å². The number of hydrogen-bond donors (Lipinski definition) is 1. The number of halogens is 1. The number of rotatable bonds is 3. The zero-order valence-corrected chi connectivity index (χ0v) is 12.0. The second kappa shape index (κ2) is 6.33. The number of nitrogens with one attached hydrogen (secondary N) is 1. The molecule has 1 aliphatic rings. The van der Waals surface area contributed by atoms with Gasteiger partial charge in [0.2, 0.25) is 0 Å². The van der Waals surface area contributed by atoms with Crippen molar-refractivity contribution in [1.29, 1.82) is 0 Å². The molecule has 2 nitrogen and oxygen atoms in total. The lowest BCUT2D eigenvalue weighted by Gasteiger charge is -2.19. The lowest BCUT2D eigenvalue weighted by atomic mass is 10.0. The standard InChI is InChI=1S/C15H22ClNO/c1-11-4-3-5-12(7-6-11)17-15-10-13(18-2)8-9-14(15)16/h8-12,17H,3-7H2,1-2H3. The third-order valence-electron chi connectivity index (χ3n) is 3.79. The maximum Gasteiger partial charge on any atom is 0.121 e. The van der Waals surface area contributed by atoms with E-state index >= 15 is 0 Å². The van der Waals surface area contributed by atoms with E-state index in [4.69, 9.17) is 16.3 Å². The van der Waals surface area contributed by atoms with Gasteiger partial charge in [0.25, 0.3) is 0 Å². The SMILES string of the molecule is COc1ccc(Cl)c(NC2CCCC(C)CC2)c1. The van der Waals surface area contributed by atoms with Crippen LogP contribution >= 0.6 is 11.6 Å². The average Bonchev–Trinajstić information content (AvgIpc) is 2.57. The molecule has 2 atom stereocenters. The van der Waals surface area contributed by atoms with Crippen molar-refractivity contribution >= 4 is 17.3 Å². The lowest BCUT2D eigenvalue weighted by molar-refractivity contribution is 0.415. The van der Waals surface area contributed by atoms with E-state index in [1.165, 1.54) is 32.1 Å². The van der Waals surface area contributed by atoms with Gasteiger partial charge in [-0.3, -0.25) is 0 Å². The van der Waals surface area contributed by atoms with Crippen LogP contribution in [0.25, 0.3) is 0 Å². The van der Waals surface area contributed by atoms with Crippen LogP contribution < -0.4 is 10.1 Å². The highest BCUT2D eigenvalue weighted by atomic mass is 35.5. The largest absolute Gasteiger partial charge is 0.497 e. The first-order chi connectivity index (χ1) is 8.69. The van der Waals surface area contributed by atoms with Gasteiger partial charge in [0.05, 0.1) is 17.8 Å². The van der Waals surface area contributed by atoms with E-state index in [1.54, 1.807) is 7.11 Å². The predicted molar refractivity (Wildman–Crippen MR) is 77.7 cm³/mol. The normalized spacial score (nSPS) is 24.4. The van der Waals surface area contributed by atoms with Crippen molar-refractivity contribution < 1.29 is 4.74 Å². The Morgan fingerprint density at radius 2 is 2.06 bits per heavy atom. The Morgan fingerprint density at radius 1 is 1.22 bits per heavy atom. The van der Waals surface area contributed by atoms with Crippen molar-refractivity contribution in [2.24, 2.45) is 5.92 Å². The highest BCUT2D eigenvalue weighted by molar-refractivity contribution is 6.33. The molecule has 1 aromatic carbocycles. The van der Waals surface area contributed by atoms with Crippen LogP contribution in [0.2, 0.25) is 5.02 Å². The van der Waals surface area contributed by atoms with Crippen LogP contribution in [0, 0.1) is 5.92 Å². The van der Waals surface area contributed by atoms with E-state index in [1.807, 2.05) is 18.2 Å². The quantitative estimate of drug-likeness (QED) is 0.800. The van der Waals surface area contributed by atoms with Crippen molar-refractivity contribution in [1.82, 2.24) is 0 Å². The monoisotopic (exact) mass is 267 g/mol. The van der Waals surface area contributed by atoms with Gasteiger partial charge in [-0.15, -0.1) is 0 Å². The molecule has 100 valence electrons. The summed E-state index contributed by atoms with van der Waals surface area (Å²) in [5, 5.41) is 4.34. The Morgan fingerprint density at radius 3 is 2.83 bits per heavy atom. The number of benzene rings is 1. The zero-order chi connectivity index (χ0) is 13.0. The van der Waals surface area contributed by atoms with Crippen LogP contribution in [-0.4, -0.2) is 13.2 Å². The first-order valence-electron chi connectivity index (χ1n) is 6.79. The molecule has 0 spiro atoms. The Balaban J connectivity index is 2.03. The highest BCUT2D eigenvalue weighted by Gasteiger charge is 2.16. The molecule has 2 rings (SSSR count). The smallest absolute Gasteiger partial charge is 0.121 e. The predicted octanol–water partition coefficient (Wildman–Crippen LogP) is 4.73. The van der Waals surface area contributed by atoms with Gasteiger partial charge in [-0.2, -0.15) is 0 Å². The maximum absolute atomic E-state index is 6.22. The van der Waals surface area contributed by atoms with Crippen molar-refractivity contribution in [3.05, 3.63) is 23.2 Å². The molecule has 0 aliphatic heterocycles. The third-order valence-corrected chi connectivity index (χ3v) is 4.12. The van der Waals surface area contributed by atoms with Crippen LogP contribution in [0.5, 0.6) is 5.75 Å². The van der Waals surface area contributed by atoms with Crippen LogP contribution in [-0.2, 0) is 0 Å². The van der Waals surface area contributed by atoms with Gasteiger partial charge in [0.1, 0.15) is 5.75 Å². The minimum absolute atomic E-state index is 0.541. The van der Waals surface area contributed by atoms with Gasteiger partial charge in [0.15, 0.2) is 0 Å². The second-order valence-electron chi connectivity index (χ2n) is 5.30. The summed E-state index contributed by atoms with van der Waals surface area (Å²) in [5.74, 6) is 1.71. The fourth-order valence-corrected chi connectivity index (χ4v) is 2.77. The van der Waals surface area contributed by atoms with Gasteiger partial charge < -0.3 is 10.1 Å². The molecule has 3 heteroatoms. The summed E-state index contributed by atoms with van der Waals surface area (Å²) in [5.41, 5.74) is 0.996. The maximum atomic E-state index is 6.22. The van der Waals surface area contributed by atoms with Crippen molar-refractivity contribution in [3.63, 3.8) is 0 Å². The first kappa shape index (κ1) is 13.5. The minimum Gasteiger partial charge on any atom is -0.497 e. The molecule has 1 N–H and O–H groups in total. The van der Waals surface area contributed by atoms with Gasteiger partial charge >= 0.3 is 0 Å². The van der Waals surface area contributed by atoms with E-state index < -0.39 is 0 Å². The third kappa shape index (κ3) is 3.55. The van der Waals surface area contributed by atoms with Gasteiger partial charge in [-0.05, 0) is 37.3 Å². The molecule has 0 heterocycles. The Kier molecular flexibility index (Phi) is 4.76. The average molecular weight is 268 g/mol. The topological polar surface area (TPSA) is 21.3 Å². The molecule has 0 radical (unpaired) electrons. The van der Waals surface area contributed by atoms with Crippen LogP contribution in [0.4, 0.5) is 5.69 Å². The molecule has 0 amide bonds. The zero-order valence-electron chi connectivity index (χ0n) is 11.2. The number of ether oxygens (including phenoxy) is 1. The number of hydrogen-bond acceptors (Lipinski definition) is 2.